The van der Waals surface area contributed by atoms with Gasteiger partial charge in [-0.1, -0.05) is 31.7 Å². The van der Waals surface area contributed by atoms with E-state index in [0.717, 1.165) is 12.1 Å². The first-order valence-corrected chi connectivity index (χ1v) is 6.76. The second kappa shape index (κ2) is 5.00. The third-order valence-electron chi connectivity index (χ3n) is 2.56. The Hall–Kier alpha value is -1.16. The Morgan fingerprint density at radius 2 is 2.35 bits per heavy atom. The van der Waals surface area contributed by atoms with Gasteiger partial charge in [-0.05, 0) is 30.0 Å². The number of hydrogen-bond donors (Lipinski definition) is 2. The second-order valence-corrected chi connectivity index (χ2v) is 5.92. The molecule has 0 aliphatic carbocycles. The molecule has 1 aromatic carbocycles. The molecule has 1 heterocycles. The average Bonchev–Trinajstić information content (AvgIpc) is 2.56. The van der Waals surface area contributed by atoms with E-state index in [4.69, 9.17) is 0 Å². The number of rotatable bonds is 3. The molecule has 94 valence electrons. The highest BCUT2D eigenvalue weighted by Crippen LogP contribution is 2.38. The van der Waals surface area contributed by atoms with Gasteiger partial charge in [0.2, 0.25) is 5.91 Å². The van der Waals surface area contributed by atoms with E-state index in [1.54, 1.807) is 11.8 Å². The molecule has 1 amide bonds. The minimum Gasteiger partial charge on any atom is -0.356 e. The van der Waals surface area contributed by atoms with Crippen molar-refractivity contribution in [2.24, 2.45) is 5.92 Å². The molecule has 0 radical (unpaired) electrons. The Labute approximate surface area is 108 Å². The molecule has 0 spiro atoms. The lowest BCUT2D eigenvalue weighted by atomic mass is 10.0. The van der Waals surface area contributed by atoms with Crippen LogP contribution in [0.15, 0.2) is 23.1 Å². The highest BCUT2D eigenvalue weighted by molar-refractivity contribution is 8.00. The second-order valence-electron chi connectivity index (χ2n) is 4.77. The van der Waals surface area contributed by atoms with Crippen molar-refractivity contribution in [1.29, 1.82) is 0 Å². The number of fused-ring (bicyclic) bond motifs is 1. The number of nitrogens with one attached hydrogen (secondary N) is 2. The molecule has 1 aliphatic heterocycles. The van der Waals surface area contributed by atoms with Gasteiger partial charge in [0.15, 0.2) is 5.50 Å². The van der Waals surface area contributed by atoms with Gasteiger partial charge in [0.1, 0.15) is 0 Å². The van der Waals surface area contributed by atoms with Gasteiger partial charge in [0.25, 0.3) is 0 Å². The van der Waals surface area contributed by atoms with E-state index in [1.165, 1.54) is 17.4 Å². The largest absolute Gasteiger partial charge is 0.356 e. The lowest BCUT2D eigenvalue weighted by Crippen LogP contribution is -2.33. The van der Waals surface area contributed by atoms with Crippen molar-refractivity contribution in [3.63, 3.8) is 0 Å². The summed E-state index contributed by atoms with van der Waals surface area (Å²) in [6.45, 7) is 5.98. The summed E-state index contributed by atoms with van der Waals surface area (Å²) in [6, 6.07) is 6.47. The minimum absolute atomic E-state index is 0. The van der Waals surface area contributed by atoms with Crippen molar-refractivity contribution >= 4 is 23.4 Å². The standard InChI is InChI=1S/C13H18N2OS.H2/c1-8(2)6-10-4-5-11-12(7-10)17-13(15-11)14-9(3)16;/h4-5,7-8,13,15H,6H2,1-3H3,(H,14,16);1H. The van der Waals surface area contributed by atoms with Crippen LogP contribution in [0.3, 0.4) is 0 Å². The molecule has 0 saturated heterocycles. The van der Waals surface area contributed by atoms with Crippen molar-refractivity contribution in [3.8, 4) is 0 Å². The van der Waals surface area contributed by atoms with E-state index >= 15 is 0 Å². The molecular weight excluding hydrogens is 232 g/mol. The van der Waals surface area contributed by atoms with Crippen molar-refractivity contribution in [2.45, 2.75) is 37.6 Å². The zero-order valence-electron chi connectivity index (χ0n) is 10.4. The van der Waals surface area contributed by atoms with Crippen LogP contribution >= 0.6 is 11.8 Å². The molecule has 0 fully saturated rings. The lowest BCUT2D eigenvalue weighted by molar-refractivity contribution is -0.119. The normalized spacial score (nSPS) is 17.8. The smallest absolute Gasteiger partial charge is 0.219 e. The van der Waals surface area contributed by atoms with Crippen molar-refractivity contribution in [3.05, 3.63) is 23.8 Å². The van der Waals surface area contributed by atoms with Crippen LogP contribution in [-0.2, 0) is 11.2 Å². The van der Waals surface area contributed by atoms with Crippen LogP contribution in [0.4, 0.5) is 5.69 Å². The van der Waals surface area contributed by atoms with E-state index in [-0.39, 0.29) is 12.8 Å². The van der Waals surface area contributed by atoms with E-state index in [2.05, 4.69) is 42.7 Å². The van der Waals surface area contributed by atoms with E-state index in [0.29, 0.717) is 5.92 Å². The molecule has 3 nitrogen and oxygen atoms in total. The van der Waals surface area contributed by atoms with Crippen molar-refractivity contribution in [2.75, 3.05) is 5.32 Å². The Morgan fingerprint density at radius 3 is 3.00 bits per heavy atom. The molecule has 4 heteroatoms. The summed E-state index contributed by atoms with van der Waals surface area (Å²) in [7, 11) is 0. The Bertz CT molecular complexity index is 437. The molecule has 1 atom stereocenters. The van der Waals surface area contributed by atoms with Crippen LogP contribution in [0.25, 0.3) is 0 Å². The van der Waals surface area contributed by atoms with Crippen LogP contribution in [-0.4, -0.2) is 11.4 Å². The molecule has 2 rings (SSSR count). The third-order valence-corrected chi connectivity index (χ3v) is 3.62. The molecule has 17 heavy (non-hydrogen) atoms. The predicted molar refractivity (Wildman–Crippen MR) is 74.2 cm³/mol. The predicted octanol–water partition coefficient (Wildman–Crippen LogP) is 3.07. The van der Waals surface area contributed by atoms with Crippen LogP contribution < -0.4 is 10.6 Å². The zero-order valence-corrected chi connectivity index (χ0v) is 11.2. The van der Waals surface area contributed by atoms with Crippen molar-refractivity contribution in [1.82, 2.24) is 5.32 Å². The molecule has 1 unspecified atom stereocenters. The van der Waals surface area contributed by atoms with Gasteiger partial charge in [-0.2, -0.15) is 0 Å². The maximum absolute atomic E-state index is 11.0. The van der Waals surface area contributed by atoms with E-state index in [1.807, 2.05) is 0 Å². The van der Waals surface area contributed by atoms with Crippen LogP contribution in [0.5, 0.6) is 0 Å². The summed E-state index contributed by atoms with van der Waals surface area (Å²) in [4.78, 5) is 12.2. The van der Waals surface area contributed by atoms with Gasteiger partial charge >= 0.3 is 0 Å². The molecule has 1 aromatic rings. The minimum atomic E-state index is -0.0307. The number of amides is 1. The first kappa shape index (κ1) is 12.3. The molecule has 1 aliphatic rings. The summed E-state index contributed by atoms with van der Waals surface area (Å²) in [5, 5.41) is 6.14. The Balaban J connectivity index is 0.00000162. The Morgan fingerprint density at radius 1 is 1.59 bits per heavy atom. The first-order valence-electron chi connectivity index (χ1n) is 5.88. The fourth-order valence-electron chi connectivity index (χ4n) is 1.93. The topological polar surface area (TPSA) is 41.1 Å². The van der Waals surface area contributed by atoms with Gasteiger partial charge < -0.3 is 10.6 Å². The number of carbonyl (C=O) groups is 1. The molecule has 0 aromatic heterocycles. The molecular formula is C13H20N2OS. The van der Waals surface area contributed by atoms with Gasteiger partial charge in [0.05, 0.1) is 5.69 Å². The number of hydrogen-bond acceptors (Lipinski definition) is 3. The number of anilines is 1. The number of thioether (sulfide) groups is 1. The van der Waals surface area contributed by atoms with Gasteiger partial charge in [-0.25, -0.2) is 0 Å². The third kappa shape index (κ3) is 3.16. The molecule has 0 saturated carbocycles. The van der Waals surface area contributed by atoms with Gasteiger partial charge in [-0.15, -0.1) is 0 Å². The van der Waals surface area contributed by atoms with Gasteiger partial charge in [-0.3, -0.25) is 4.79 Å². The van der Waals surface area contributed by atoms with E-state index < -0.39 is 0 Å². The van der Waals surface area contributed by atoms with E-state index in [9.17, 15) is 4.79 Å². The monoisotopic (exact) mass is 252 g/mol. The molecule has 2 N–H and O–H groups in total. The zero-order chi connectivity index (χ0) is 12.4. The SMILES string of the molecule is CC(=O)NC1Nc2ccc(CC(C)C)cc2S1.[HH]. The summed E-state index contributed by atoms with van der Waals surface area (Å²) in [5.74, 6) is 0.656. The first-order chi connectivity index (χ1) is 8.04. The molecule has 0 bridgehead atoms. The van der Waals surface area contributed by atoms with Crippen molar-refractivity contribution < 1.29 is 6.22 Å². The number of benzene rings is 1. The summed E-state index contributed by atoms with van der Waals surface area (Å²) < 4.78 is 0. The average molecular weight is 252 g/mol. The highest BCUT2D eigenvalue weighted by atomic mass is 32.2. The highest BCUT2D eigenvalue weighted by Gasteiger charge is 2.21. The number of carbonyl (C=O) groups excluding carboxylic acids is 1. The van der Waals surface area contributed by atoms with Crippen LogP contribution in [0.1, 0.15) is 27.8 Å². The fourth-order valence-corrected chi connectivity index (χ4v) is 3.07. The van der Waals surface area contributed by atoms with Crippen LogP contribution in [0.2, 0.25) is 0 Å². The maximum atomic E-state index is 11.0. The summed E-state index contributed by atoms with van der Waals surface area (Å²) >= 11 is 1.66. The quantitative estimate of drug-likeness (QED) is 0.868. The van der Waals surface area contributed by atoms with Gasteiger partial charge in [0, 0.05) is 13.2 Å². The fraction of sp³-hybridized carbons (Fsp3) is 0.462. The maximum Gasteiger partial charge on any atom is 0.219 e. The summed E-state index contributed by atoms with van der Waals surface area (Å²) in [5.41, 5.74) is 2.44. The lowest BCUT2D eigenvalue weighted by Gasteiger charge is -2.09. The van der Waals surface area contributed by atoms with Crippen LogP contribution in [0, 0.1) is 5.92 Å². The summed E-state index contributed by atoms with van der Waals surface area (Å²) in [6.07, 6.45) is 1.10. The Kier molecular flexibility index (Phi) is 3.62.